The van der Waals surface area contributed by atoms with Crippen molar-refractivity contribution < 1.29 is 34.8 Å². The van der Waals surface area contributed by atoms with E-state index in [1.54, 1.807) is 24.4 Å². The van der Waals surface area contributed by atoms with Crippen molar-refractivity contribution in [3.05, 3.63) is 77.6 Å². The van der Waals surface area contributed by atoms with E-state index in [1.807, 2.05) is 17.7 Å². The zero-order valence-corrected chi connectivity index (χ0v) is 17.9. The van der Waals surface area contributed by atoms with Gasteiger partial charge >= 0.3 is 12.4 Å². The first-order valence-electron chi connectivity index (χ1n) is 9.67. The number of hydrogen-bond acceptors (Lipinski definition) is 3. The molecule has 0 aliphatic heterocycles. The smallest absolute Gasteiger partial charge is 0.280 e. The number of aromatic nitrogens is 1. The van der Waals surface area contributed by atoms with Crippen LogP contribution in [0.5, 0.6) is 0 Å². The van der Waals surface area contributed by atoms with Gasteiger partial charge in [0.1, 0.15) is 0 Å². The standard InChI is InChI=1S/C22H18F6N2O2S/c1-2-3-19-10-15(8-9-29-19)14-4-6-18(7-5-14)30-33(31,32)20-12-16(21(23,24)25)11-17(13-20)22(26,27)28/h4-13,30H,2-3H2,1H3. The maximum atomic E-state index is 13.0. The number of hydrogen-bond donors (Lipinski definition) is 1. The molecule has 0 radical (unpaired) electrons. The minimum absolute atomic E-state index is 0.0208. The number of alkyl halides is 6. The van der Waals surface area contributed by atoms with E-state index < -0.39 is 38.4 Å². The number of anilines is 1. The fourth-order valence-corrected chi connectivity index (χ4v) is 4.21. The fraction of sp³-hybridized carbons (Fsp3) is 0.227. The predicted octanol–water partition coefficient (Wildman–Crippen LogP) is 6.54. The van der Waals surface area contributed by atoms with Crippen LogP contribution in [0.3, 0.4) is 0 Å². The minimum atomic E-state index is -5.16. The van der Waals surface area contributed by atoms with Gasteiger partial charge in [0, 0.05) is 17.6 Å². The molecule has 0 saturated carbocycles. The summed E-state index contributed by atoms with van der Waals surface area (Å²) in [4.78, 5) is 3.10. The lowest BCUT2D eigenvalue weighted by Crippen LogP contribution is -2.17. The van der Waals surface area contributed by atoms with Crippen molar-refractivity contribution in [1.29, 1.82) is 0 Å². The number of nitrogens with zero attached hydrogens (tertiary/aromatic N) is 1. The van der Waals surface area contributed by atoms with Gasteiger partial charge in [-0.15, -0.1) is 0 Å². The molecule has 0 saturated heterocycles. The first-order valence-corrected chi connectivity index (χ1v) is 11.2. The van der Waals surface area contributed by atoms with Gasteiger partial charge in [0.05, 0.1) is 16.0 Å². The Kier molecular flexibility index (Phi) is 6.73. The molecule has 1 aromatic heterocycles. The maximum absolute atomic E-state index is 13.0. The van der Waals surface area contributed by atoms with Crippen LogP contribution in [0.2, 0.25) is 0 Å². The van der Waals surface area contributed by atoms with Gasteiger partial charge in [0.15, 0.2) is 0 Å². The molecule has 0 aliphatic rings. The second-order valence-corrected chi connectivity index (χ2v) is 8.89. The molecule has 1 heterocycles. The van der Waals surface area contributed by atoms with Gasteiger partial charge in [-0.2, -0.15) is 26.3 Å². The van der Waals surface area contributed by atoms with E-state index >= 15 is 0 Å². The molecule has 0 unspecified atom stereocenters. The van der Waals surface area contributed by atoms with Crippen molar-refractivity contribution >= 4 is 15.7 Å². The molecule has 4 nitrogen and oxygen atoms in total. The van der Waals surface area contributed by atoms with Gasteiger partial charge < -0.3 is 0 Å². The van der Waals surface area contributed by atoms with Crippen molar-refractivity contribution in [2.45, 2.75) is 37.0 Å². The summed E-state index contributed by atoms with van der Waals surface area (Å²) in [5.41, 5.74) is -1.01. The van der Waals surface area contributed by atoms with E-state index in [-0.39, 0.29) is 23.9 Å². The fourth-order valence-electron chi connectivity index (χ4n) is 3.08. The molecule has 33 heavy (non-hydrogen) atoms. The highest BCUT2D eigenvalue weighted by molar-refractivity contribution is 7.92. The SMILES string of the molecule is CCCc1cc(-c2ccc(NS(=O)(=O)c3cc(C(F)(F)F)cc(C(F)(F)F)c3)cc2)ccn1. The highest BCUT2D eigenvalue weighted by Crippen LogP contribution is 2.37. The van der Waals surface area contributed by atoms with Crippen LogP contribution >= 0.6 is 0 Å². The summed E-state index contributed by atoms with van der Waals surface area (Å²) in [5, 5.41) is 0. The lowest BCUT2D eigenvalue weighted by Gasteiger charge is -2.15. The van der Waals surface area contributed by atoms with Crippen LogP contribution in [0.1, 0.15) is 30.2 Å². The Labute approximate surface area is 186 Å². The van der Waals surface area contributed by atoms with Gasteiger partial charge in [-0.25, -0.2) is 8.42 Å². The molecule has 2 aromatic carbocycles. The van der Waals surface area contributed by atoms with Crippen LogP contribution < -0.4 is 4.72 Å². The van der Waals surface area contributed by atoms with Crippen LogP contribution in [0, 0.1) is 0 Å². The van der Waals surface area contributed by atoms with E-state index in [0.717, 1.165) is 29.7 Å². The Bertz CT molecular complexity index is 1200. The van der Waals surface area contributed by atoms with E-state index in [2.05, 4.69) is 4.98 Å². The molecule has 3 rings (SSSR count). The van der Waals surface area contributed by atoms with Crippen LogP contribution in [0.4, 0.5) is 32.0 Å². The lowest BCUT2D eigenvalue weighted by molar-refractivity contribution is -0.143. The largest absolute Gasteiger partial charge is 0.416 e. The first kappa shape index (κ1) is 24.6. The monoisotopic (exact) mass is 488 g/mol. The Morgan fingerprint density at radius 3 is 1.91 bits per heavy atom. The molecular formula is C22H18F6N2O2S. The van der Waals surface area contributed by atoms with Gasteiger partial charge in [-0.05, 0) is 60.0 Å². The number of aryl methyl sites for hydroxylation is 1. The zero-order chi connectivity index (χ0) is 24.4. The predicted molar refractivity (Wildman–Crippen MR) is 111 cm³/mol. The summed E-state index contributed by atoms with van der Waals surface area (Å²) in [5.74, 6) is 0. The van der Waals surface area contributed by atoms with Crippen LogP contribution in [-0.4, -0.2) is 13.4 Å². The molecule has 0 bridgehead atoms. The van der Waals surface area contributed by atoms with Gasteiger partial charge in [0.2, 0.25) is 0 Å². The molecule has 0 spiro atoms. The number of pyridine rings is 1. The molecule has 176 valence electrons. The Morgan fingerprint density at radius 1 is 0.818 bits per heavy atom. The summed E-state index contributed by atoms with van der Waals surface area (Å²) in [6.07, 6.45) is -6.99. The number of benzene rings is 2. The third kappa shape index (κ3) is 6.04. The molecule has 0 fully saturated rings. The van der Waals surface area contributed by atoms with Gasteiger partial charge in [-0.3, -0.25) is 9.71 Å². The highest BCUT2D eigenvalue weighted by Gasteiger charge is 2.38. The van der Waals surface area contributed by atoms with Gasteiger partial charge in [-0.1, -0.05) is 25.5 Å². The first-order chi connectivity index (χ1) is 15.3. The van der Waals surface area contributed by atoms with Crippen molar-refractivity contribution in [2.24, 2.45) is 0 Å². The molecule has 3 aromatic rings. The number of halogens is 6. The van der Waals surface area contributed by atoms with E-state index in [0.29, 0.717) is 0 Å². The summed E-state index contributed by atoms with van der Waals surface area (Å²) in [6, 6.07) is 9.73. The summed E-state index contributed by atoms with van der Waals surface area (Å²) in [6.45, 7) is 2.01. The van der Waals surface area contributed by atoms with Crippen LogP contribution in [0.25, 0.3) is 11.1 Å². The molecular weight excluding hydrogens is 470 g/mol. The number of nitrogens with one attached hydrogen (secondary N) is 1. The molecule has 11 heteroatoms. The lowest BCUT2D eigenvalue weighted by atomic mass is 10.0. The highest BCUT2D eigenvalue weighted by atomic mass is 32.2. The molecule has 0 atom stereocenters. The van der Waals surface area contributed by atoms with E-state index in [9.17, 15) is 34.8 Å². The second kappa shape index (κ2) is 9.05. The molecule has 0 amide bonds. The average Bonchev–Trinajstić information content (AvgIpc) is 2.73. The Hall–Kier alpha value is -3.08. The van der Waals surface area contributed by atoms with E-state index in [4.69, 9.17) is 0 Å². The molecule has 1 N–H and O–H groups in total. The van der Waals surface area contributed by atoms with Crippen molar-refractivity contribution in [3.8, 4) is 11.1 Å². The van der Waals surface area contributed by atoms with Crippen molar-refractivity contribution in [2.75, 3.05) is 4.72 Å². The Morgan fingerprint density at radius 2 is 1.39 bits per heavy atom. The Balaban J connectivity index is 1.91. The normalized spacial score (nSPS) is 12.6. The summed E-state index contributed by atoms with van der Waals surface area (Å²) < 4.78 is 105. The van der Waals surface area contributed by atoms with Crippen LogP contribution in [0.15, 0.2) is 65.7 Å². The second-order valence-electron chi connectivity index (χ2n) is 7.21. The molecule has 0 aliphatic carbocycles. The minimum Gasteiger partial charge on any atom is -0.280 e. The average molecular weight is 488 g/mol. The van der Waals surface area contributed by atoms with Crippen molar-refractivity contribution in [1.82, 2.24) is 4.98 Å². The maximum Gasteiger partial charge on any atom is 0.416 e. The topological polar surface area (TPSA) is 59.1 Å². The summed E-state index contributed by atoms with van der Waals surface area (Å²) >= 11 is 0. The zero-order valence-electron chi connectivity index (χ0n) is 17.1. The third-order valence-corrected chi connectivity index (χ3v) is 6.03. The number of rotatable bonds is 6. The quantitative estimate of drug-likeness (QED) is 0.401. The van der Waals surface area contributed by atoms with Gasteiger partial charge in [0.25, 0.3) is 10.0 Å². The summed E-state index contributed by atoms with van der Waals surface area (Å²) in [7, 11) is -4.73. The van der Waals surface area contributed by atoms with Crippen molar-refractivity contribution in [3.63, 3.8) is 0 Å². The van der Waals surface area contributed by atoms with Crippen LogP contribution in [-0.2, 0) is 28.8 Å². The third-order valence-electron chi connectivity index (χ3n) is 4.66. The number of sulfonamides is 1. The van der Waals surface area contributed by atoms with E-state index in [1.165, 1.54) is 12.1 Å².